The summed E-state index contributed by atoms with van der Waals surface area (Å²) >= 11 is 0. The van der Waals surface area contributed by atoms with Gasteiger partial charge in [-0.1, -0.05) is 12.1 Å². The van der Waals surface area contributed by atoms with Crippen LogP contribution in [0.15, 0.2) is 60.9 Å². The van der Waals surface area contributed by atoms with Gasteiger partial charge in [-0.25, -0.2) is 4.39 Å². The molecule has 0 saturated heterocycles. The number of pyridine rings is 1. The van der Waals surface area contributed by atoms with Crippen LogP contribution in [-0.4, -0.2) is 37.2 Å². The lowest BCUT2D eigenvalue weighted by Gasteiger charge is -2.07. The van der Waals surface area contributed by atoms with Gasteiger partial charge in [0.05, 0.1) is 0 Å². The number of aromatic nitrogens is 5. The molecule has 0 spiro atoms. The van der Waals surface area contributed by atoms with Crippen molar-refractivity contribution in [3.8, 4) is 0 Å². The molecule has 9 heteroatoms. The van der Waals surface area contributed by atoms with Crippen molar-refractivity contribution in [2.24, 2.45) is 0 Å². The van der Waals surface area contributed by atoms with Crippen LogP contribution in [0.3, 0.4) is 0 Å². The Bertz CT molecular complexity index is 1130. The predicted molar refractivity (Wildman–Crippen MR) is 105 cm³/mol. The molecule has 4 rings (SSSR count). The molecule has 0 bridgehead atoms. The Balaban J connectivity index is 1.39. The molecule has 0 fully saturated rings. The number of fused-ring (bicyclic) bond motifs is 1. The highest BCUT2D eigenvalue weighted by Crippen LogP contribution is 2.09. The van der Waals surface area contributed by atoms with Crippen molar-refractivity contribution in [3.63, 3.8) is 0 Å². The number of carbonyl (C=O) groups is 1. The van der Waals surface area contributed by atoms with Crippen LogP contribution in [-0.2, 0) is 13.0 Å². The highest BCUT2D eigenvalue weighted by atomic mass is 19.1. The average Bonchev–Trinajstić information content (AvgIpc) is 3.15. The Hall–Kier alpha value is -3.88. The van der Waals surface area contributed by atoms with E-state index in [1.165, 1.54) is 18.2 Å². The molecule has 8 nitrogen and oxygen atoms in total. The van der Waals surface area contributed by atoms with E-state index in [1.807, 2.05) is 24.3 Å². The topological polar surface area (TPSA) is 97.1 Å². The molecule has 1 amide bonds. The number of benzene rings is 1. The minimum Gasteiger partial charge on any atom is -0.364 e. The maximum atomic E-state index is 13.2. The number of halogens is 1. The third kappa shape index (κ3) is 4.52. The molecule has 0 aliphatic rings. The lowest BCUT2D eigenvalue weighted by molar-refractivity contribution is 0.0953. The average molecular weight is 391 g/mol. The van der Waals surface area contributed by atoms with Gasteiger partial charge in [0.1, 0.15) is 11.6 Å². The fourth-order valence-electron chi connectivity index (χ4n) is 2.80. The fraction of sp³-hybridized carbons (Fsp3) is 0.150. The van der Waals surface area contributed by atoms with E-state index >= 15 is 0 Å². The summed E-state index contributed by atoms with van der Waals surface area (Å²) in [6.07, 6.45) is 3.95. The van der Waals surface area contributed by atoms with Gasteiger partial charge in [0.15, 0.2) is 11.5 Å². The van der Waals surface area contributed by atoms with Gasteiger partial charge in [-0.3, -0.25) is 9.78 Å². The Morgan fingerprint density at radius 2 is 2.03 bits per heavy atom. The first-order valence-corrected chi connectivity index (χ1v) is 9.07. The maximum absolute atomic E-state index is 13.2. The minimum absolute atomic E-state index is 0.274. The zero-order valence-electron chi connectivity index (χ0n) is 15.4. The smallest absolute Gasteiger partial charge is 0.251 e. The molecule has 146 valence electrons. The molecule has 2 N–H and O–H groups in total. The molecule has 29 heavy (non-hydrogen) atoms. The SMILES string of the molecule is O=C(NCCc1nnc2ccc(NCc3cccnc3)nn12)c1cccc(F)c1. The molecule has 4 aromatic rings. The third-order valence-corrected chi connectivity index (χ3v) is 4.24. The number of hydrogen-bond donors (Lipinski definition) is 2. The van der Waals surface area contributed by atoms with E-state index < -0.39 is 5.82 Å². The Labute approximate surface area is 165 Å². The number of nitrogens with zero attached hydrogens (tertiary/aromatic N) is 5. The van der Waals surface area contributed by atoms with Crippen molar-refractivity contribution < 1.29 is 9.18 Å². The normalized spacial score (nSPS) is 10.8. The van der Waals surface area contributed by atoms with E-state index in [0.717, 1.165) is 5.56 Å². The first-order chi connectivity index (χ1) is 14.2. The Morgan fingerprint density at radius 3 is 2.86 bits per heavy atom. The van der Waals surface area contributed by atoms with Gasteiger partial charge in [0, 0.05) is 37.5 Å². The number of hydrogen-bond acceptors (Lipinski definition) is 6. The lowest BCUT2D eigenvalue weighted by atomic mass is 10.2. The van der Waals surface area contributed by atoms with Crippen molar-refractivity contribution in [1.82, 2.24) is 30.1 Å². The van der Waals surface area contributed by atoms with Crippen molar-refractivity contribution in [2.75, 3.05) is 11.9 Å². The number of nitrogens with one attached hydrogen (secondary N) is 2. The molecule has 1 aromatic carbocycles. The van der Waals surface area contributed by atoms with Crippen LogP contribution >= 0.6 is 0 Å². The zero-order chi connectivity index (χ0) is 20.1. The lowest BCUT2D eigenvalue weighted by Crippen LogP contribution is -2.26. The summed E-state index contributed by atoms with van der Waals surface area (Å²) < 4.78 is 14.9. The molecule has 0 aliphatic heterocycles. The molecule has 0 unspecified atom stereocenters. The van der Waals surface area contributed by atoms with Crippen molar-refractivity contribution in [1.29, 1.82) is 0 Å². The summed E-state index contributed by atoms with van der Waals surface area (Å²) in [6, 6.07) is 13.1. The summed E-state index contributed by atoms with van der Waals surface area (Å²) in [5.74, 6) is 0.498. The molecular weight excluding hydrogens is 373 g/mol. The fourth-order valence-corrected chi connectivity index (χ4v) is 2.80. The highest BCUT2D eigenvalue weighted by molar-refractivity contribution is 5.94. The molecular formula is C20H18FN7O. The first-order valence-electron chi connectivity index (χ1n) is 9.07. The molecule has 0 saturated carbocycles. The second kappa shape index (κ2) is 8.42. The van der Waals surface area contributed by atoms with E-state index in [1.54, 1.807) is 23.0 Å². The van der Waals surface area contributed by atoms with Crippen molar-refractivity contribution in [3.05, 3.63) is 83.7 Å². The molecule has 3 aromatic heterocycles. The van der Waals surface area contributed by atoms with Crippen LogP contribution in [0.5, 0.6) is 0 Å². The van der Waals surface area contributed by atoms with Gasteiger partial charge in [0.2, 0.25) is 0 Å². The van der Waals surface area contributed by atoms with Gasteiger partial charge in [-0.2, -0.15) is 4.52 Å². The molecule has 3 heterocycles. The van der Waals surface area contributed by atoms with Crippen LogP contribution in [0, 0.1) is 5.82 Å². The maximum Gasteiger partial charge on any atom is 0.251 e. The van der Waals surface area contributed by atoms with Crippen LogP contribution in [0.2, 0.25) is 0 Å². The first kappa shape index (κ1) is 18.5. The summed E-state index contributed by atoms with van der Waals surface area (Å²) in [5.41, 5.74) is 1.93. The Morgan fingerprint density at radius 1 is 1.10 bits per heavy atom. The standard InChI is InChI=1S/C20H18FN7O/c21-16-5-1-4-15(11-16)20(29)23-10-8-19-26-25-18-7-6-17(27-28(18)19)24-13-14-3-2-9-22-12-14/h1-7,9,11-12H,8,10,13H2,(H,23,29)(H,24,27). The summed E-state index contributed by atoms with van der Waals surface area (Å²) in [7, 11) is 0. The summed E-state index contributed by atoms with van der Waals surface area (Å²) in [5, 5.41) is 18.7. The van der Waals surface area contributed by atoms with Gasteiger partial charge in [0.25, 0.3) is 5.91 Å². The number of amides is 1. The van der Waals surface area contributed by atoms with E-state index in [2.05, 4.69) is 30.9 Å². The zero-order valence-corrected chi connectivity index (χ0v) is 15.4. The van der Waals surface area contributed by atoms with Gasteiger partial charge < -0.3 is 10.6 Å². The molecule has 0 atom stereocenters. The monoisotopic (exact) mass is 391 g/mol. The van der Waals surface area contributed by atoms with Crippen LogP contribution in [0.25, 0.3) is 5.65 Å². The summed E-state index contributed by atoms with van der Waals surface area (Å²) in [4.78, 5) is 16.2. The number of anilines is 1. The number of carbonyl (C=O) groups excluding carboxylic acids is 1. The molecule has 0 radical (unpaired) electrons. The van der Waals surface area contributed by atoms with Crippen LogP contribution < -0.4 is 10.6 Å². The van der Waals surface area contributed by atoms with E-state index in [0.29, 0.717) is 36.8 Å². The van der Waals surface area contributed by atoms with Crippen molar-refractivity contribution >= 4 is 17.4 Å². The third-order valence-electron chi connectivity index (χ3n) is 4.24. The van der Waals surface area contributed by atoms with Gasteiger partial charge in [-0.15, -0.1) is 15.3 Å². The predicted octanol–water partition coefficient (Wildman–Crippen LogP) is 2.24. The minimum atomic E-state index is -0.448. The van der Waals surface area contributed by atoms with E-state index in [-0.39, 0.29) is 11.5 Å². The van der Waals surface area contributed by atoms with Gasteiger partial charge in [-0.05, 0) is 42.0 Å². The van der Waals surface area contributed by atoms with Crippen molar-refractivity contribution in [2.45, 2.75) is 13.0 Å². The second-order valence-corrected chi connectivity index (χ2v) is 6.34. The van der Waals surface area contributed by atoms with E-state index in [9.17, 15) is 9.18 Å². The second-order valence-electron chi connectivity index (χ2n) is 6.34. The largest absolute Gasteiger partial charge is 0.364 e. The highest BCUT2D eigenvalue weighted by Gasteiger charge is 2.10. The van der Waals surface area contributed by atoms with Gasteiger partial charge >= 0.3 is 0 Å². The summed E-state index contributed by atoms with van der Waals surface area (Å²) in [6.45, 7) is 0.915. The van der Waals surface area contributed by atoms with Crippen LogP contribution in [0.1, 0.15) is 21.7 Å². The van der Waals surface area contributed by atoms with Crippen LogP contribution in [0.4, 0.5) is 10.2 Å². The van der Waals surface area contributed by atoms with E-state index in [4.69, 9.17) is 0 Å². The Kier molecular flexibility index (Phi) is 5.37. The quantitative estimate of drug-likeness (QED) is 0.502. The number of rotatable bonds is 7. The molecule has 0 aliphatic carbocycles.